The smallest absolute Gasteiger partial charge is 0.0184 e. The normalized spacial score (nSPS) is 20.8. The molecule has 0 unspecified atom stereocenters. The van der Waals surface area contributed by atoms with Crippen LogP contribution in [0, 0.1) is 11.8 Å². The first kappa shape index (κ1) is 17.9. The zero-order valence-corrected chi connectivity index (χ0v) is 16.0. The summed E-state index contributed by atoms with van der Waals surface area (Å²) in [5.41, 5.74) is 2.93. The summed E-state index contributed by atoms with van der Waals surface area (Å²) in [6.45, 7) is 0. The van der Waals surface area contributed by atoms with Crippen molar-refractivity contribution in [2.24, 2.45) is 11.8 Å². The maximum atomic E-state index is 2.24. The quantitative estimate of drug-likeness (QED) is 0.518. The van der Waals surface area contributed by atoms with Gasteiger partial charge in [-0.1, -0.05) is 60.7 Å². The van der Waals surface area contributed by atoms with Crippen LogP contribution >= 0.6 is 23.5 Å². The molecule has 0 saturated heterocycles. The van der Waals surface area contributed by atoms with Crippen molar-refractivity contribution in [3.8, 4) is 0 Å². The van der Waals surface area contributed by atoms with Crippen molar-refractivity contribution in [3.05, 3.63) is 71.8 Å². The van der Waals surface area contributed by atoms with E-state index in [0.717, 1.165) is 11.8 Å². The van der Waals surface area contributed by atoms with Gasteiger partial charge in [0.1, 0.15) is 0 Å². The van der Waals surface area contributed by atoms with Crippen molar-refractivity contribution in [1.82, 2.24) is 0 Å². The highest BCUT2D eigenvalue weighted by atomic mass is 32.2. The Balaban J connectivity index is 1.27. The van der Waals surface area contributed by atoms with E-state index in [0.29, 0.717) is 0 Å². The molecule has 0 bridgehead atoms. The lowest BCUT2D eigenvalue weighted by molar-refractivity contribution is 0.315. The van der Waals surface area contributed by atoms with E-state index in [1.165, 1.54) is 59.8 Å². The van der Waals surface area contributed by atoms with Gasteiger partial charge in [-0.2, -0.15) is 23.5 Å². The van der Waals surface area contributed by atoms with Gasteiger partial charge in [0.25, 0.3) is 0 Å². The van der Waals surface area contributed by atoms with E-state index in [1.54, 1.807) is 0 Å². The van der Waals surface area contributed by atoms with E-state index < -0.39 is 0 Å². The minimum atomic E-state index is 0.953. The average molecular weight is 357 g/mol. The summed E-state index contributed by atoms with van der Waals surface area (Å²) in [5.74, 6) is 6.95. The summed E-state index contributed by atoms with van der Waals surface area (Å²) in [6, 6.07) is 21.8. The van der Waals surface area contributed by atoms with Crippen LogP contribution in [-0.4, -0.2) is 11.5 Å². The first-order valence-electron chi connectivity index (χ1n) is 9.13. The third-order valence-corrected chi connectivity index (χ3v) is 7.39. The molecule has 0 N–H and O–H groups in total. The largest absolute Gasteiger partial charge is 0.157 e. The molecule has 1 saturated carbocycles. The van der Waals surface area contributed by atoms with E-state index in [9.17, 15) is 0 Å². The van der Waals surface area contributed by atoms with Crippen molar-refractivity contribution >= 4 is 23.5 Å². The Bertz CT molecular complexity index is 506. The number of hydrogen-bond acceptors (Lipinski definition) is 2. The highest BCUT2D eigenvalue weighted by Gasteiger charge is 2.21. The SMILES string of the molecule is c1ccc(CSCC2CCC(CSCc3ccccc3)CC2)cc1. The first-order valence-corrected chi connectivity index (χ1v) is 11.4. The van der Waals surface area contributed by atoms with Crippen LogP contribution in [0.5, 0.6) is 0 Å². The lowest BCUT2D eigenvalue weighted by Crippen LogP contribution is -2.18. The van der Waals surface area contributed by atoms with E-state index in [-0.39, 0.29) is 0 Å². The van der Waals surface area contributed by atoms with Crippen molar-refractivity contribution in [1.29, 1.82) is 0 Å². The topological polar surface area (TPSA) is 0 Å². The zero-order chi connectivity index (χ0) is 16.5. The van der Waals surface area contributed by atoms with Crippen LogP contribution in [-0.2, 0) is 11.5 Å². The Hall–Kier alpha value is -0.860. The molecule has 2 heteroatoms. The summed E-state index contributed by atoms with van der Waals surface area (Å²) < 4.78 is 0. The molecular formula is C22H28S2. The molecule has 1 fully saturated rings. The lowest BCUT2D eigenvalue weighted by atomic mass is 9.84. The van der Waals surface area contributed by atoms with E-state index >= 15 is 0 Å². The van der Waals surface area contributed by atoms with Gasteiger partial charge in [0.15, 0.2) is 0 Å². The molecule has 0 aliphatic heterocycles. The Morgan fingerprint density at radius 1 is 0.583 bits per heavy atom. The second-order valence-corrected chi connectivity index (χ2v) is 8.95. The second kappa shape index (κ2) is 10.2. The Kier molecular flexibility index (Phi) is 7.63. The molecule has 128 valence electrons. The lowest BCUT2D eigenvalue weighted by Gasteiger charge is -2.28. The molecule has 2 aromatic rings. The van der Waals surface area contributed by atoms with Crippen LogP contribution in [0.2, 0.25) is 0 Å². The van der Waals surface area contributed by atoms with Gasteiger partial charge in [0.2, 0.25) is 0 Å². The van der Waals surface area contributed by atoms with Crippen LogP contribution in [0.15, 0.2) is 60.7 Å². The summed E-state index contributed by atoms with van der Waals surface area (Å²) in [6.07, 6.45) is 5.77. The Morgan fingerprint density at radius 3 is 1.33 bits per heavy atom. The first-order chi connectivity index (χ1) is 11.9. The van der Waals surface area contributed by atoms with Gasteiger partial charge in [0.05, 0.1) is 0 Å². The molecule has 3 rings (SSSR count). The third-order valence-electron chi connectivity index (χ3n) is 4.90. The van der Waals surface area contributed by atoms with Gasteiger partial charge in [-0.25, -0.2) is 0 Å². The van der Waals surface area contributed by atoms with E-state index in [1.807, 2.05) is 0 Å². The van der Waals surface area contributed by atoms with Gasteiger partial charge < -0.3 is 0 Å². The number of hydrogen-bond donors (Lipinski definition) is 0. The van der Waals surface area contributed by atoms with Crippen LogP contribution < -0.4 is 0 Å². The molecule has 2 aromatic carbocycles. The van der Waals surface area contributed by atoms with E-state index in [2.05, 4.69) is 84.2 Å². The van der Waals surface area contributed by atoms with Gasteiger partial charge in [-0.3, -0.25) is 0 Å². The van der Waals surface area contributed by atoms with Crippen LogP contribution in [0.1, 0.15) is 36.8 Å². The molecule has 0 nitrogen and oxygen atoms in total. The fourth-order valence-corrected chi connectivity index (χ4v) is 5.83. The van der Waals surface area contributed by atoms with Crippen molar-refractivity contribution in [3.63, 3.8) is 0 Å². The molecule has 0 heterocycles. The summed E-state index contributed by atoms with van der Waals surface area (Å²) in [7, 11) is 0. The Morgan fingerprint density at radius 2 is 0.958 bits per heavy atom. The zero-order valence-electron chi connectivity index (χ0n) is 14.4. The minimum Gasteiger partial charge on any atom is -0.157 e. The molecule has 0 aromatic heterocycles. The molecule has 0 spiro atoms. The van der Waals surface area contributed by atoms with Crippen molar-refractivity contribution < 1.29 is 0 Å². The number of rotatable bonds is 8. The molecule has 0 amide bonds. The third kappa shape index (κ3) is 6.22. The van der Waals surface area contributed by atoms with Crippen molar-refractivity contribution in [2.45, 2.75) is 37.2 Å². The van der Waals surface area contributed by atoms with Gasteiger partial charge >= 0.3 is 0 Å². The van der Waals surface area contributed by atoms with Gasteiger partial charge in [0, 0.05) is 11.5 Å². The Labute approximate surface area is 155 Å². The molecule has 1 aliphatic rings. The summed E-state index contributed by atoms with van der Waals surface area (Å²) in [4.78, 5) is 0. The predicted octanol–water partition coefficient (Wildman–Crippen LogP) is 6.66. The standard InChI is InChI=1S/C22H28S2/c1-3-7-19(8-4-1)15-23-17-21-11-13-22(14-12-21)18-24-16-20-9-5-2-6-10-20/h1-10,21-22H,11-18H2. The predicted molar refractivity (Wildman–Crippen MR) is 111 cm³/mol. The number of thioether (sulfide) groups is 2. The highest BCUT2D eigenvalue weighted by molar-refractivity contribution is 7.98. The second-order valence-electron chi connectivity index (χ2n) is 6.89. The van der Waals surface area contributed by atoms with E-state index in [4.69, 9.17) is 0 Å². The van der Waals surface area contributed by atoms with Crippen LogP contribution in [0.3, 0.4) is 0 Å². The molecule has 0 atom stereocenters. The summed E-state index contributed by atoms with van der Waals surface area (Å²) >= 11 is 4.25. The summed E-state index contributed by atoms with van der Waals surface area (Å²) in [5, 5.41) is 0. The van der Waals surface area contributed by atoms with Gasteiger partial charge in [-0.05, 0) is 60.2 Å². The maximum absolute atomic E-state index is 2.24. The maximum Gasteiger partial charge on any atom is 0.0184 e. The van der Waals surface area contributed by atoms with Crippen LogP contribution in [0.4, 0.5) is 0 Å². The fourth-order valence-electron chi connectivity index (χ4n) is 3.40. The minimum absolute atomic E-state index is 0.953. The fraction of sp³-hybridized carbons (Fsp3) is 0.455. The highest BCUT2D eigenvalue weighted by Crippen LogP contribution is 2.33. The monoisotopic (exact) mass is 356 g/mol. The average Bonchev–Trinajstić information content (AvgIpc) is 2.65. The van der Waals surface area contributed by atoms with Crippen molar-refractivity contribution in [2.75, 3.05) is 11.5 Å². The molecular weight excluding hydrogens is 328 g/mol. The number of benzene rings is 2. The van der Waals surface area contributed by atoms with Crippen LogP contribution in [0.25, 0.3) is 0 Å². The molecule has 1 aliphatic carbocycles. The molecule has 24 heavy (non-hydrogen) atoms. The van der Waals surface area contributed by atoms with Gasteiger partial charge in [-0.15, -0.1) is 0 Å². The molecule has 0 radical (unpaired) electrons.